The molecular weight excluding hydrogens is 274 g/mol. The molecule has 1 aliphatic carbocycles. The molecule has 1 atom stereocenters. The van der Waals surface area contributed by atoms with Crippen LogP contribution in [0.15, 0.2) is 12.1 Å². The zero-order valence-electron chi connectivity index (χ0n) is 12.1. The van der Waals surface area contributed by atoms with Gasteiger partial charge in [0.05, 0.1) is 4.34 Å². The molecule has 108 valence electrons. The maximum atomic E-state index is 6.05. The third-order valence-corrected chi connectivity index (χ3v) is 5.37. The van der Waals surface area contributed by atoms with Crippen LogP contribution in [-0.4, -0.2) is 13.1 Å². The molecule has 1 saturated carbocycles. The fourth-order valence-corrected chi connectivity index (χ4v) is 4.29. The second-order valence-electron chi connectivity index (χ2n) is 6.27. The van der Waals surface area contributed by atoms with E-state index in [-0.39, 0.29) is 0 Å². The molecule has 2 rings (SSSR count). The van der Waals surface area contributed by atoms with Crippen LogP contribution in [0.4, 0.5) is 0 Å². The first-order valence-corrected chi connectivity index (χ1v) is 8.79. The molecule has 0 aliphatic heterocycles. The summed E-state index contributed by atoms with van der Waals surface area (Å²) in [4.78, 5) is 1.45. The van der Waals surface area contributed by atoms with Crippen LogP contribution in [-0.2, 0) is 6.42 Å². The molecule has 0 aromatic carbocycles. The van der Waals surface area contributed by atoms with E-state index >= 15 is 0 Å². The van der Waals surface area contributed by atoms with Gasteiger partial charge in [-0.15, -0.1) is 11.3 Å². The topological polar surface area (TPSA) is 12.0 Å². The zero-order chi connectivity index (χ0) is 13.7. The molecule has 1 unspecified atom stereocenters. The van der Waals surface area contributed by atoms with Crippen molar-refractivity contribution in [2.45, 2.75) is 46.0 Å². The van der Waals surface area contributed by atoms with Gasteiger partial charge in [-0.3, -0.25) is 0 Å². The first-order chi connectivity index (χ1) is 9.15. The van der Waals surface area contributed by atoms with E-state index < -0.39 is 0 Å². The average molecular weight is 300 g/mol. The molecule has 1 nitrogen and oxygen atoms in total. The minimum atomic E-state index is 0.736. The van der Waals surface area contributed by atoms with Crippen LogP contribution < -0.4 is 5.32 Å². The van der Waals surface area contributed by atoms with Gasteiger partial charge < -0.3 is 5.32 Å². The van der Waals surface area contributed by atoms with Crippen molar-refractivity contribution in [3.05, 3.63) is 21.3 Å². The van der Waals surface area contributed by atoms with E-state index in [0.717, 1.165) is 28.6 Å². The number of rotatable bonds is 7. The second-order valence-corrected chi connectivity index (χ2v) is 8.07. The molecule has 1 heterocycles. The summed E-state index contributed by atoms with van der Waals surface area (Å²) in [6.07, 6.45) is 6.90. The number of halogens is 1. The Balaban J connectivity index is 1.89. The summed E-state index contributed by atoms with van der Waals surface area (Å²) in [6.45, 7) is 6.85. The fourth-order valence-electron chi connectivity index (χ4n) is 3.11. The van der Waals surface area contributed by atoms with Gasteiger partial charge in [-0.05, 0) is 49.4 Å². The van der Waals surface area contributed by atoms with Crippen molar-refractivity contribution in [3.8, 4) is 0 Å². The Morgan fingerprint density at radius 2 is 2.00 bits per heavy atom. The molecule has 1 aromatic heterocycles. The van der Waals surface area contributed by atoms with E-state index in [0.29, 0.717) is 0 Å². The third kappa shape index (κ3) is 5.09. The van der Waals surface area contributed by atoms with E-state index in [9.17, 15) is 0 Å². The zero-order valence-corrected chi connectivity index (χ0v) is 13.7. The third-order valence-electron chi connectivity index (χ3n) is 4.12. The molecule has 1 aliphatic rings. The minimum absolute atomic E-state index is 0.736. The van der Waals surface area contributed by atoms with Gasteiger partial charge in [-0.2, -0.15) is 0 Å². The molecule has 1 fully saturated rings. The highest BCUT2D eigenvalue weighted by molar-refractivity contribution is 7.16. The second kappa shape index (κ2) is 7.66. The Bertz CT molecular complexity index is 369. The average Bonchev–Trinajstić information content (AvgIpc) is 2.98. The Hall–Kier alpha value is -0.0500. The molecular formula is C16H26ClNS. The van der Waals surface area contributed by atoms with E-state index in [1.807, 2.05) is 6.07 Å². The highest BCUT2D eigenvalue weighted by Crippen LogP contribution is 2.34. The molecule has 0 radical (unpaired) electrons. The number of hydrogen-bond donors (Lipinski definition) is 1. The van der Waals surface area contributed by atoms with Gasteiger partial charge in [0.15, 0.2) is 0 Å². The van der Waals surface area contributed by atoms with Crippen LogP contribution >= 0.6 is 22.9 Å². The Morgan fingerprint density at radius 3 is 2.58 bits per heavy atom. The van der Waals surface area contributed by atoms with Gasteiger partial charge in [0.2, 0.25) is 0 Å². The molecule has 0 spiro atoms. The Kier molecular flexibility index (Phi) is 6.18. The lowest BCUT2D eigenvalue weighted by Crippen LogP contribution is -2.31. The fraction of sp³-hybridized carbons (Fsp3) is 0.750. The quantitative estimate of drug-likeness (QED) is 0.747. The van der Waals surface area contributed by atoms with Gasteiger partial charge in [-0.25, -0.2) is 0 Å². The lowest BCUT2D eigenvalue weighted by atomic mass is 9.87. The normalized spacial score (nSPS) is 18.3. The maximum Gasteiger partial charge on any atom is 0.0931 e. The molecule has 19 heavy (non-hydrogen) atoms. The van der Waals surface area contributed by atoms with Crippen molar-refractivity contribution in [1.82, 2.24) is 5.32 Å². The molecule has 1 N–H and O–H groups in total. The van der Waals surface area contributed by atoms with Gasteiger partial charge in [-0.1, -0.05) is 51.1 Å². The standard InChI is InChI=1S/C16H26ClNS/c1-12(2)10-18-11-14(13-5-3-4-6-13)9-15-7-8-16(17)19-15/h7-8,12-14,18H,3-6,9-11H2,1-2H3. The molecule has 1 aromatic rings. The first-order valence-electron chi connectivity index (χ1n) is 7.60. The summed E-state index contributed by atoms with van der Waals surface area (Å²) < 4.78 is 0.926. The van der Waals surface area contributed by atoms with Crippen molar-refractivity contribution in [2.24, 2.45) is 17.8 Å². The number of thiophene rings is 1. The van der Waals surface area contributed by atoms with Gasteiger partial charge in [0.25, 0.3) is 0 Å². The summed E-state index contributed by atoms with van der Waals surface area (Å²) in [6, 6.07) is 4.24. The van der Waals surface area contributed by atoms with Crippen molar-refractivity contribution >= 4 is 22.9 Å². The van der Waals surface area contributed by atoms with E-state index in [1.54, 1.807) is 11.3 Å². The first kappa shape index (κ1) is 15.3. The van der Waals surface area contributed by atoms with Crippen LogP contribution in [0.1, 0.15) is 44.4 Å². The number of hydrogen-bond acceptors (Lipinski definition) is 2. The monoisotopic (exact) mass is 299 g/mol. The van der Waals surface area contributed by atoms with Crippen LogP contribution in [0, 0.1) is 17.8 Å². The predicted molar refractivity (Wildman–Crippen MR) is 86.2 cm³/mol. The van der Waals surface area contributed by atoms with Gasteiger partial charge in [0.1, 0.15) is 0 Å². The highest BCUT2D eigenvalue weighted by atomic mass is 35.5. The van der Waals surface area contributed by atoms with Crippen LogP contribution in [0.2, 0.25) is 4.34 Å². The van der Waals surface area contributed by atoms with Crippen molar-refractivity contribution in [2.75, 3.05) is 13.1 Å². The van der Waals surface area contributed by atoms with E-state index in [2.05, 4.69) is 25.2 Å². The van der Waals surface area contributed by atoms with Crippen molar-refractivity contribution in [3.63, 3.8) is 0 Å². The smallest absolute Gasteiger partial charge is 0.0931 e. The summed E-state index contributed by atoms with van der Waals surface area (Å²) in [7, 11) is 0. The minimum Gasteiger partial charge on any atom is -0.316 e. The van der Waals surface area contributed by atoms with Crippen LogP contribution in [0.3, 0.4) is 0 Å². The Morgan fingerprint density at radius 1 is 1.26 bits per heavy atom. The molecule has 3 heteroatoms. The predicted octanol–water partition coefficient (Wildman–Crippen LogP) is 5.00. The summed E-state index contributed by atoms with van der Waals surface area (Å²) in [5, 5.41) is 3.66. The van der Waals surface area contributed by atoms with Crippen molar-refractivity contribution < 1.29 is 0 Å². The molecule has 0 amide bonds. The van der Waals surface area contributed by atoms with Crippen LogP contribution in [0.25, 0.3) is 0 Å². The SMILES string of the molecule is CC(C)CNCC(Cc1ccc(Cl)s1)C1CCCC1. The molecule has 0 bridgehead atoms. The summed E-state index contributed by atoms with van der Waals surface area (Å²) in [5.41, 5.74) is 0. The van der Waals surface area contributed by atoms with Crippen LogP contribution in [0.5, 0.6) is 0 Å². The lowest BCUT2D eigenvalue weighted by Gasteiger charge is -2.24. The summed E-state index contributed by atoms with van der Waals surface area (Å²) in [5.74, 6) is 2.44. The highest BCUT2D eigenvalue weighted by Gasteiger charge is 2.25. The number of nitrogens with one attached hydrogen (secondary N) is 1. The Labute approximate surface area is 126 Å². The van der Waals surface area contributed by atoms with E-state index in [1.165, 1.54) is 43.5 Å². The van der Waals surface area contributed by atoms with E-state index in [4.69, 9.17) is 11.6 Å². The largest absolute Gasteiger partial charge is 0.316 e. The van der Waals surface area contributed by atoms with Gasteiger partial charge >= 0.3 is 0 Å². The van der Waals surface area contributed by atoms with Crippen molar-refractivity contribution in [1.29, 1.82) is 0 Å². The lowest BCUT2D eigenvalue weighted by molar-refractivity contribution is 0.317. The summed E-state index contributed by atoms with van der Waals surface area (Å²) >= 11 is 7.80. The van der Waals surface area contributed by atoms with Gasteiger partial charge in [0, 0.05) is 4.88 Å². The molecule has 0 saturated heterocycles. The maximum absolute atomic E-state index is 6.05.